The van der Waals surface area contributed by atoms with Crippen LogP contribution in [0.25, 0.3) is 0 Å². The summed E-state index contributed by atoms with van der Waals surface area (Å²) in [7, 11) is 0. The monoisotopic (exact) mass is 343 g/mol. The van der Waals surface area contributed by atoms with E-state index >= 15 is 0 Å². The van der Waals surface area contributed by atoms with Gasteiger partial charge in [-0.25, -0.2) is 0 Å². The number of nitrogens with one attached hydrogen (secondary N) is 2. The smallest absolute Gasteiger partial charge is 0.292 e. The zero-order chi connectivity index (χ0) is 17.7. The van der Waals surface area contributed by atoms with Crippen LogP contribution in [0.2, 0.25) is 0 Å². The SMILES string of the molecule is CCc1ccc(C(=O)NC(=S)Nc2ccc(C)cc2[N+](=O)[O-])cc1. The molecular formula is C17H17N3O3S. The molecule has 0 spiro atoms. The second-order valence-electron chi connectivity index (χ2n) is 5.24. The van der Waals surface area contributed by atoms with Gasteiger partial charge in [0.15, 0.2) is 5.11 Å². The Morgan fingerprint density at radius 3 is 2.46 bits per heavy atom. The van der Waals surface area contributed by atoms with E-state index < -0.39 is 4.92 Å². The highest BCUT2D eigenvalue weighted by Crippen LogP contribution is 2.25. The lowest BCUT2D eigenvalue weighted by molar-refractivity contribution is -0.383. The highest BCUT2D eigenvalue weighted by atomic mass is 32.1. The Morgan fingerprint density at radius 2 is 1.88 bits per heavy atom. The Morgan fingerprint density at radius 1 is 1.21 bits per heavy atom. The number of thiocarbonyl (C=S) groups is 1. The number of hydrogen-bond acceptors (Lipinski definition) is 4. The molecule has 0 saturated heterocycles. The molecule has 2 rings (SSSR count). The van der Waals surface area contributed by atoms with Gasteiger partial charge in [0.1, 0.15) is 5.69 Å². The summed E-state index contributed by atoms with van der Waals surface area (Å²) in [6, 6.07) is 11.9. The number of nitrogens with zero attached hydrogens (tertiary/aromatic N) is 1. The molecule has 0 aliphatic heterocycles. The number of nitro benzene ring substituents is 1. The molecule has 2 aromatic carbocycles. The van der Waals surface area contributed by atoms with Crippen LogP contribution in [0, 0.1) is 17.0 Å². The number of carbonyl (C=O) groups is 1. The van der Waals surface area contributed by atoms with Crippen molar-refractivity contribution in [3.05, 3.63) is 69.3 Å². The van der Waals surface area contributed by atoms with Crippen LogP contribution in [-0.4, -0.2) is 15.9 Å². The van der Waals surface area contributed by atoms with E-state index in [1.54, 1.807) is 31.2 Å². The van der Waals surface area contributed by atoms with Crippen molar-refractivity contribution in [2.24, 2.45) is 0 Å². The zero-order valence-corrected chi connectivity index (χ0v) is 14.1. The predicted octanol–water partition coefficient (Wildman–Crippen LogP) is 3.59. The molecule has 1 amide bonds. The van der Waals surface area contributed by atoms with Crippen LogP contribution in [0.4, 0.5) is 11.4 Å². The molecule has 0 atom stereocenters. The summed E-state index contributed by atoms with van der Waals surface area (Å²) >= 11 is 5.07. The van der Waals surface area contributed by atoms with E-state index in [0.29, 0.717) is 5.56 Å². The highest BCUT2D eigenvalue weighted by Gasteiger charge is 2.16. The lowest BCUT2D eigenvalue weighted by Gasteiger charge is -2.10. The highest BCUT2D eigenvalue weighted by molar-refractivity contribution is 7.80. The van der Waals surface area contributed by atoms with Crippen molar-refractivity contribution in [1.82, 2.24) is 5.32 Å². The molecule has 0 radical (unpaired) electrons. The van der Waals surface area contributed by atoms with Gasteiger partial charge in [-0.2, -0.15) is 0 Å². The summed E-state index contributed by atoms with van der Waals surface area (Å²) in [4.78, 5) is 22.7. The fourth-order valence-corrected chi connectivity index (χ4v) is 2.32. The molecule has 0 saturated carbocycles. The van der Waals surface area contributed by atoms with Crippen molar-refractivity contribution in [3.63, 3.8) is 0 Å². The van der Waals surface area contributed by atoms with Crippen LogP contribution >= 0.6 is 12.2 Å². The normalized spacial score (nSPS) is 10.1. The van der Waals surface area contributed by atoms with Crippen molar-refractivity contribution in [2.45, 2.75) is 20.3 Å². The van der Waals surface area contributed by atoms with E-state index in [4.69, 9.17) is 12.2 Å². The van der Waals surface area contributed by atoms with Gasteiger partial charge < -0.3 is 5.32 Å². The van der Waals surface area contributed by atoms with E-state index in [1.165, 1.54) is 6.07 Å². The van der Waals surface area contributed by atoms with Crippen LogP contribution in [0.15, 0.2) is 42.5 Å². The molecule has 7 heteroatoms. The minimum atomic E-state index is -0.497. The van der Waals surface area contributed by atoms with Gasteiger partial charge in [0.25, 0.3) is 11.6 Å². The van der Waals surface area contributed by atoms with Gasteiger partial charge in [-0.1, -0.05) is 25.1 Å². The molecule has 24 heavy (non-hydrogen) atoms. The Bertz CT molecular complexity index is 788. The molecule has 124 valence electrons. The molecule has 6 nitrogen and oxygen atoms in total. The zero-order valence-electron chi connectivity index (χ0n) is 13.3. The molecule has 0 fully saturated rings. The maximum atomic E-state index is 12.1. The van der Waals surface area contributed by atoms with Crippen LogP contribution < -0.4 is 10.6 Å². The maximum Gasteiger partial charge on any atom is 0.292 e. The lowest BCUT2D eigenvalue weighted by Crippen LogP contribution is -2.34. The maximum absolute atomic E-state index is 12.1. The molecule has 2 N–H and O–H groups in total. The van der Waals surface area contributed by atoms with Gasteiger partial charge >= 0.3 is 0 Å². The van der Waals surface area contributed by atoms with Gasteiger partial charge in [0, 0.05) is 11.6 Å². The van der Waals surface area contributed by atoms with Crippen molar-refractivity contribution < 1.29 is 9.72 Å². The number of benzene rings is 2. The first-order chi connectivity index (χ1) is 11.4. The second kappa shape index (κ2) is 7.65. The summed E-state index contributed by atoms with van der Waals surface area (Å²) in [6.07, 6.45) is 0.888. The Labute approximate surface area is 145 Å². The molecule has 0 heterocycles. The van der Waals surface area contributed by atoms with Gasteiger partial charge in [-0.3, -0.25) is 20.2 Å². The summed E-state index contributed by atoms with van der Waals surface area (Å²) in [5.74, 6) is -0.370. The van der Waals surface area contributed by atoms with E-state index in [2.05, 4.69) is 10.6 Å². The minimum Gasteiger partial charge on any atom is -0.327 e. The fourth-order valence-electron chi connectivity index (χ4n) is 2.12. The van der Waals surface area contributed by atoms with Crippen LogP contribution in [-0.2, 0) is 6.42 Å². The number of rotatable bonds is 4. The first-order valence-corrected chi connectivity index (χ1v) is 7.78. The van der Waals surface area contributed by atoms with E-state index in [-0.39, 0.29) is 22.4 Å². The fraction of sp³-hybridized carbons (Fsp3) is 0.176. The van der Waals surface area contributed by atoms with Crippen molar-refractivity contribution >= 4 is 34.6 Å². The second-order valence-corrected chi connectivity index (χ2v) is 5.64. The van der Waals surface area contributed by atoms with Gasteiger partial charge in [-0.15, -0.1) is 0 Å². The number of aryl methyl sites for hydroxylation is 2. The quantitative estimate of drug-likeness (QED) is 0.503. The summed E-state index contributed by atoms with van der Waals surface area (Å²) in [6.45, 7) is 3.79. The molecule has 2 aromatic rings. The molecule has 0 bridgehead atoms. The average molecular weight is 343 g/mol. The Hall–Kier alpha value is -2.80. The first-order valence-electron chi connectivity index (χ1n) is 7.37. The number of anilines is 1. The van der Waals surface area contributed by atoms with Gasteiger partial charge in [-0.05, 0) is 54.9 Å². The molecular weight excluding hydrogens is 326 g/mol. The number of amides is 1. The summed E-state index contributed by atoms with van der Waals surface area (Å²) < 4.78 is 0. The molecule has 0 aromatic heterocycles. The van der Waals surface area contributed by atoms with Crippen molar-refractivity contribution in [2.75, 3.05) is 5.32 Å². The van der Waals surface area contributed by atoms with Crippen molar-refractivity contribution in [3.8, 4) is 0 Å². The Balaban J connectivity index is 2.07. The van der Waals surface area contributed by atoms with Gasteiger partial charge in [0.2, 0.25) is 0 Å². The predicted molar refractivity (Wildman–Crippen MR) is 97.3 cm³/mol. The van der Waals surface area contributed by atoms with Gasteiger partial charge in [0.05, 0.1) is 4.92 Å². The number of nitro groups is 1. The number of carbonyl (C=O) groups excluding carboxylic acids is 1. The third-order valence-electron chi connectivity index (χ3n) is 3.45. The third kappa shape index (κ3) is 4.36. The topological polar surface area (TPSA) is 84.3 Å². The first kappa shape index (κ1) is 17.6. The van der Waals surface area contributed by atoms with Crippen LogP contribution in [0.5, 0.6) is 0 Å². The van der Waals surface area contributed by atoms with Crippen LogP contribution in [0.3, 0.4) is 0 Å². The number of hydrogen-bond donors (Lipinski definition) is 2. The molecule has 0 aliphatic rings. The van der Waals surface area contributed by atoms with Crippen LogP contribution in [0.1, 0.15) is 28.4 Å². The average Bonchev–Trinajstić information content (AvgIpc) is 2.56. The summed E-state index contributed by atoms with van der Waals surface area (Å²) in [5.41, 5.74) is 2.49. The van der Waals surface area contributed by atoms with E-state index in [1.807, 2.05) is 19.1 Å². The standard InChI is InChI=1S/C17H17N3O3S/c1-3-12-5-7-13(8-6-12)16(21)19-17(24)18-14-9-4-11(2)10-15(14)20(22)23/h4-10H,3H2,1-2H3,(H2,18,19,21,24). The molecule has 0 aliphatic carbocycles. The lowest BCUT2D eigenvalue weighted by atomic mass is 10.1. The van der Waals surface area contributed by atoms with E-state index in [9.17, 15) is 14.9 Å². The minimum absolute atomic E-state index is 0.00604. The summed E-state index contributed by atoms with van der Waals surface area (Å²) in [5, 5.41) is 16.3. The van der Waals surface area contributed by atoms with Crippen molar-refractivity contribution in [1.29, 1.82) is 0 Å². The molecule has 0 unspecified atom stereocenters. The van der Waals surface area contributed by atoms with E-state index in [0.717, 1.165) is 17.5 Å². The third-order valence-corrected chi connectivity index (χ3v) is 3.65. The largest absolute Gasteiger partial charge is 0.327 e. The Kier molecular flexibility index (Phi) is 5.59.